The predicted molar refractivity (Wildman–Crippen MR) is 65.0 cm³/mol. The zero-order valence-corrected chi connectivity index (χ0v) is 10.4. The third kappa shape index (κ3) is 4.81. The lowest BCUT2D eigenvalue weighted by molar-refractivity contribution is 0.141. The van der Waals surface area contributed by atoms with Crippen LogP contribution < -0.4 is 15.8 Å². The Hall–Kier alpha value is -1.63. The standard InChI is InChI=1S/C10H19N5O2/c1-4-16-6-7(3)12-9-13-8(11)14-10(15-9)17-5-2/h7H,4-6H2,1-3H3,(H3,11,12,13,14,15). The summed E-state index contributed by atoms with van der Waals surface area (Å²) in [6, 6.07) is 0.317. The van der Waals surface area contributed by atoms with Crippen molar-refractivity contribution in [2.45, 2.75) is 26.8 Å². The van der Waals surface area contributed by atoms with Crippen LogP contribution in [0.5, 0.6) is 6.01 Å². The number of ether oxygens (including phenoxy) is 2. The number of nitrogen functional groups attached to an aromatic ring is 1. The third-order valence-corrected chi connectivity index (χ3v) is 1.85. The maximum atomic E-state index is 5.55. The predicted octanol–water partition coefficient (Wildman–Crippen LogP) is 0.689. The van der Waals surface area contributed by atoms with Crippen LogP contribution in [0.15, 0.2) is 0 Å². The number of nitrogens with zero attached hydrogens (tertiary/aromatic N) is 3. The Morgan fingerprint density at radius 3 is 2.65 bits per heavy atom. The minimum Gasteiger partial charge on any atom is -0.464 e. The van der Waals surface area contributed by atoms with Crippen LogP contribution in [-0.4, -0.2) is 40.8 Å². The summed E-state index contributed by atoms with van der Waals surface area (Å²) < 4.78 is 10.5. The van der Waals surface area contributed by atoms with Crippen LogP contribution >= 0.6 is 0 Å². The minimum atomic E-state index is 0.0891. The molecule has 96 valence electrons. The van der Waals surface area contributed by atoms with Crippen molar-refractivity contribution in [2.24, 2.45) is 0 Å². The van der Waals surface area contributed by atoms with Crippen molar-refractivity contribution in [1.29, 1.82) is 0 Å². The second kappa shape index (κ2) is 6.85. The van der Waals surface area contributed by atoms with Crippen molar-refractivity contribution in [3.05, 3.63) is 0 Å². The van der Waals surface area contributed by atoms with Crippen LogP contribution in [0.3, 0.4) is 0 Å². The summed E-state index contributed by atoms with van der Waals surface area (Å²) in [7, 11) is 0. The molecular formula is C10H19N5O2. The Labute approximate surface area is 101 Å². The van der Waals surface area contributed by atoms with Gasteiger partial charge >= 0.3 is 6.01 Å². The molecule has 1 aromatic heterocycles. The van der Waals surface area contributed by atoms with Crippen molar-refractivity contribution in [2.75, 3.05) is 30.9 Å². The number of rotatable bonds is 7. The van der Waals surface area contributed by atoms with E-state index in [4.69, 9.17) is 15.2 Å². The van der Waals surface area contributed by atoms with Gasteiger partial charge in [0.2, 0.25) is 11.9 Å². The number of hydrogen-bond acceptors (Lipinski definition) is 7. The van der Waals surface area contributed by atoms with Gasteiger partial charge in [0.15, 0.2) is 0 Å². The van der Waals surface area contributed by atoms with Gasteiger partial charge in [0.1, 0.15) is 0 Å². The van der Waals surface area contributed by atoms with E-state index >= 15 is 0 Å². The fraction of sp³-hybridized carbons (Fsp3) is 0.700. The molecule has 0 saturated heterocycles. The first kappa shape index (κ1) is 13.4. The molecule has 7 nitrogen and oxygen atoms in total. The van der Waals surface area contributed by atoms with Gasteiger partial charge in [0.05, 0.1) is 13.2 Å². The van der Waals surface area contributed by atoms with Crippen molar-refractivity contribution in [3.8, 4) is 6.01 Å². The van der Waals surface area contributed by atoms with E-state index in [-0.39, 0.29) is 18.0 Å². The number of anilines is 2. The van der Waals surface area contributed by atoms with Crippen LogP contribution in [-0.2, 0) is 4.74 Å². The molecule has 17 heavy (non-hydrogen) atoms. The van der Waals surface area contributed by atoms with Crippen LogP contribution in [0.2, 0.25) is 0 Å². The molecule has 1 heterocycles. The molecule has 0 bridgehead atoms. The summed E-state index contributed by atoms with van der Waals surface area (Å²) in [6.45, 7) is 7.50. The van der Waals surface area contributed by atoms with Gasteiger partial charge in [0, 0.05) is 12.6 Å². The molecule has 0 amide bonds. The van der Waals surface area contributed by atoms with E-state index in [1.165, 1.54) is 0 Å². The molecule has 1 aromatic rings. The maximum absolute atomic E-state index is 5.55. The molecule has 0 aliphatic rings. The lowest BCUT2D eigenvalue weighted by atomic mass is 10.4. The summed E-state index contributed by atoms with van der Waals surface area (Å²) in [4.78, 5) is 11.9. The van der Waals surface area contributed by atoms with Gasteiger partial charge in [-0.1, -0.05) is 0 Å². The highest BCUT2D eigenvalue weighted by Gasteiger charge is 2.08. The first-order valence-electron chi connectivity index (χ1n) is 5.64. The van der Waals surface area contributed by atoms with Crippen molar-refractivity contribution >= 4 is 11.9 Å². The van der Waals surface area contributed by atoms with Gasteiger partial charge in [-0.2, -0.15) is 15.0 Å². The highest BCUT2D eigenvalue weighted by molar-refractivity contribution is 5.33. The van der Waals surface area contributed by atoms with E-state index < -0.39 is 0 Å². The van der Waals surface area contributed by atoms with E-state index in [9.17, 15) is 0 Å². The molecule has 0 spiro atoms. The monoisotopic (exact) mass is 241 g/mol. The van der Waals surface area contributed by atoms with Crippen LogP contribution in [0.4, 0.5) is 11.9 Å². The minimum absolute atomic E-state index is 0.0891. The molecule has 0 aliphatic heterocycles. The van der Waals surface area contributed by atoms with Gasteiger partial charge in [-0.15, -0.1) is 0 Å². The zero-order chi connectivity index (χ0) is 12.7. The van der Waals surface area contributed by atoms with Crippen molar-refractivity contribution in [3.63, 3.8) is 0 Å². The van der Waals surface area contributed by atoms with E-state index in [2.05, 4.69) is 20.3 Å². The van der Waals surface area contributed by atoms with E-state index in [1.54, 1.807) is 0 Å². The Morgan fingerprint density at radius 1 is 1.24 bits per heavy atom. The quantitative estimate of drug-likeness (QED) is 0.725. The smallest absolute Gasteiger partial charge is 0.323 e. The van der Waals surface area contributed by atoms with E-state index in [0.717, 1.165) is 0 Å². The van der Waals surface area contributed by atoms with Gasteiger partial charge in [-0.25, -0.2) is 0 Å². The van der Waals surface area contributed by atoms with E-state index in [0.29, 0.717) is 25.8 Å². The summed E-state index contributed by atoms with van der Waals surface area (Å²) in [6.07, 6.45) is 0. The maximum Gasteiger partial charge on any atom is 0.323 e. The Morgan fingerprint density at radius 2 is 2.00 bits per heavy atom. The topological polar surface area (TPSA) is 95.2 Å². The molecule has 1 atom stereocenters. The van der Waals surface area contributed by atoms with Gasteiger partial charge in [-0.3, -0.25) is 0 Å². The van der Waals surface area contributed by atoms with Crippen LogP contribution in [0.25, 0.3) is 0 Å². The largest absolute Gasteiger partial charge is 0.464 e. The second-order valence-electron chi connectivity index (χ2n) is 3.44. The highest BCUT2D eigenvalue weighted by atomic mass is 16.5. The molecule has 0 saturated carbocycles. The summed E-state index contributed by atoms with van der Waals surface area (Å²) in [5.74, 6) is 0.530. The average molecular weight is 241 g/mol. The molecule has 1 rings (SSSR count). The molecule has 1 unspecified atom stereocenters. The number of nitrogens with one attached hydrogen (secondary N) is 1. The molecular weight excluding hydrogens is 222 g/mol. The average Bonchev–Trinajstić information content (AvgIpc) is 2.26. The molecule has 3 N–H and O–H groups in total. The number of hydrogen-bond donors (Lipinski definition) is 2. The Bertz CT molecular complexity index is 347. The fourth-order valence-electron chi connectivity index (χ4n) is 1.19. The fourth-order valence-corrected chi connectivity index (χ4v) is 1.19. The summed E-state index contributed by atoms with van der Waals surface area (Å²) in [5.41, 5.74) is 5.55. The first-order chi connectivity index (χ1) is 8.15. The van der Waals surface area contributed by atoms with Gasteiger partial charge < -0.3 is 20.5 Å². The van der Waals surface area contributed by atoms with Crippen molar-refractivity contribution < 1.29 is 9.47 Å². The third-order valence-electron chi connectivity index (χ3n) is 1.85. The van der Waals surface area contributed by atoms with E-state index in [1.807, 2.05) is 20.8 Å². The second-order valence-corrected chi connectivity index (χ2v) is 3.44. The van der Waals surface area contributed by atoms with Crippen LogP contribution in [0.1, 0.15) is 20.8 Å². The molecule has 7 heteroatoms. The van der Waals surface area contributed by atoms with Gasteiger partial charge in [0.25, 0.3) is 0 Å². The van der Waals surface area contributed by atoms with Gasteiger partial charge in [-0.05, 0) is 20.8 Å². The SMILES string of the molecule is CCOCC(C)Nc1nc(N)nc(OCC)n1. The van der Waals surface area contributed by atoms with Crippen molar-refractivity contribution in [1.82, 2.24) is 15.0 Å². The first-order valence-corrected chi connectivity index (χ1v) is 5.64. The zero-order valence-electron chi connectivity index (χ0n) is 10.4. The normalized spacial score (nSPS) is 12.2. The Balaban J connectivity index is 2.63. The summed E-state index contributed by atoms with van der Waals surface area (Å²) >= 11 is 0. The molecule has 0 aliphatic carbocycles. The lowest BCUT2D eigenvalue weighted by Gasteiger charge is -2.13. The highest BCUT2D eigenvalue weighted by Crippen LogP contribution is 2.09. The lowest BCUT2D eigenvalue weighted by Crippen LogP contribution is -2.23. The van der Waals surface area contributed by atoms with Crippen LogP contribution in [0, 0.1) is 0 Å². The number of nitrogens with two attached hydrogens (primary N) is 1. The number of aromatic nitrogens is 3. The summed E-state index contributed by atoms with van der Waals surface area (Å²) in [5, 5.41) is 3.07. The Kier molecular flexibility index (Phi) is 5.41. The molecule has 0 fully saturated rings. The molecule has 0 aromatic carbocycles. The molecule has 0 radical (unpaired) electrons.